The van der Waals surface area contributed by atoms with Gasteiger partial charge in [0.05, 0.1) is 11.9 Å². The van der Waals surface area contributed by atoms with E-state index in [1.165, 1.54) is 0 Å². The number of amides is 1. The third kappa shape index (κ3) is 5.32. The Morgan fingerprint density at radius 3 is 2.30 bits per heavy atom. The molecule has 6 heteroatoms. The Hall–Kier alpha value is -2.34. The van der Waals surface area contributed by atoms with Crippen LogP contribution in [0.1, 0.15) is 37.5 Å². The van der Waals surface area contributed by atoms with Gasteiger partial charge in [0.25, 0.3) is 0 Å². The van der Waals surface area contributed by atoms with Crippen molar-refractivity contribution in [2.24, 2.45) is 0 Å². The van der Waals surface area contributed by atoms with E-state index in [9.17, 15) is 13.2 Å². The lowest BCUT2D eigenvalue weighted by atomic mass is 9.86. The van der Waals surface area contributed by atoms with Crippen LogP contribution in [0.25, 0.3) is 0 Å². The second kappa shape index (κ2) is 7.72. The van der Waals surface area contributed by atoms with Gasteiger partial charge in [-0.15, -0.1) is 0 Å². The van der Waals surface area contributed by atoms with Crippen LogP contribution in [-0.4, -0.2) is 27.1 Å². The van der Waals surface area contributed by atoms with Gasteiger partial charge in [-0.1, -0.05) is 51.1 Å². The number of anilines is 2. The zero-order valence-corrected chi connectivity index (χ0v) is 17.6. The Bertz CT molecular complexity index is 944. The summed E-state index contributed by atoms with van der Waals surface area (Å²) < 4.78 is 25.9. The third-order valence-corrected chi connectivity index (χ3v) is 5.46. The quantitative estimate of drug-likeness (QED) is 0.842. The smallest absolute Gasteiger partial charge is 0.245 e. The highest BCUT2D eigenvalue weighted by Crippen LogP contribution is 2.29. The zero-order valence-electron chi connectivity index (χ0n) is 16.8. The van der Waals surface area contributed by atoms with Gasteiger partial charge in [-0.05, 0) is 48.1 Å². The first-order valence-electron chi connectivity index (χ1n) is 8.84. The standard InChI is InChI=1S/C21H28N2O3S/c1-15-11-12-16(2)19(13-15)23(27(6,25)26)14-20(24)22-18-10-8-7-9-17(18)21(3,4)5/h7-13H,14H2,1-6H3,(H,22,24). The number of aryl methyl sites for hydroxylation is 2. The van der Waals surface area contributed by atoms with Gasteiger partial charge in [0.1, 0.15) is 6.54 Å². The summed E-state index contributed by atoms with van der Waals surface area (Å²) in [6.07, 6.45) is 1.12. The maximum atomic E-state index is 12.7. The normalized spacial score (nSPS) is 11.9. The number of rotatable bonds is 5. The van der Waals surface area contributed by atoms with Crippen LogP contribution >= 0.6 is 0 Å². The number of hydrogen-bond acceptors (Lipinski definition) is 3. The second-order valence-corrected chi connectivity index (χ2v) is 9.81. The largest absolute Gasteiger partial charge is 0.324 e. The second-order valence-electron chi connectivity index (χ2n) is 7.90. The summed E-state index contributed by atoms with van der Waals surface area (Å²) in [4.78, 5) is 12.7. The highest BCUT2D eigenvalue weighted by molar-refractivity contribution is 7.92. The minimum absolute atomic E-state index is 0.145. The van der Waals surface area contributed by atoms with Crippen LogP contribution in [-0.2, 0) is 20.2 Å². The van der Waals surface area contributed by atoms with Crippen LogP contribution in [0.2, 0.25) is 0 Å². The summed E-state index contributed by atoms with van der Waals surface area (Å²) in [7, 11) is -3.61. The van der Waals surface area contributed by atoms with E-state index < -0.39 is 10.0 Å². The number of sulfonamides is 1. The van der Waals surface area contributed by atoms with Crippen molar-refractivity contribution in [3.05, 3.63) is 59.2 Å². The first kappa shape index (κ1) is 21.0. The summed E-state index contributed by atoms with van der Waals surface area (Å²) in [5.41, 5.74) is 3.81. The van der Waals surface area contributed by atoms with Gasteiger partial charge in [0.15, 0.2) is 0 Å². The number of carbonyl (C=O) groups is 1. The molecule has 0 unspecified atom stereocenters. The van der Waals surface area contributed by atoms with Crippen molar-refractivity contribution in [3.63, 3.8) is 0 Å². The van der Waals surface area contributed by atoms with Crippen molar-refractivity contribution in [3.8, 4) is 0 Å². The van der Waals surface area contributed by atoms with Crippen molar-refractivity contribution in [2.75, 3.05) is 22.4 Å². The Morgan fingerprint density at radius 2 is 1.70 bits per heavy atom. The molecule has 0 aliphatic rings. The summed E-state index contributed by atoms with van der Waals surface area (Å²) in [6, 6.07) is 13.1. The van der Waals surface area contributed by atoms with Crippen molar-refractivity contribution < 1.29 is 13.2 Å². The van der Waals surface area contributed by atoms with Gasteiger partial charge in [-0.2, -0.15) is 0 Å². The monoisotopic (exact) mass is 388 g/mol. The molecule has 5 nitrogen and oxygen atoms in total. The lowest BCUT2D eigenvalue weighted by Crippen LogP contribution is -2.38. The molecule has 0 fully saturated rings. The van der Waals surface area contributed by atoms with Crippen molar-refractivity contribution in [2.45, 2.75) is 40.0 Å². The van der Waals surface area contributed by atoms with Gasteiger partial charge < -0.3 is 5.32 Å². The average Bonchev–Trinajstić information content (AvgIpc) is 2.53. The zero-order chi connectivity index (χ0) is 20.4. The van der Waals surface area contributed by atoms with Gasteiger partial charge in [0, 0.05) is 5.69 Å². The number of nitrogens with zero attached hydrogens (tertiary/aromatic N) is 1. The van der Waals surface area contributed by atoms with Crippen LogP contribution in [0, 0.1) is 13.8 Å². The maximum absolute atomic E-state index is 12.7. The Morgan fingerprint density at radius 1 is 1.07 bits per heavy atom. The summed E-state index contributed by atoms with van der Waals surface area (Å²) >= 11 is 0. The van der Waals surface area contributed by atoms with Crippen LogP contribution in [0.3, 0.4) is 0 Å². The Kier molecular flexibility index (Phi) is 6.00. The Labute approximate surface area is 162 Å². The topological polar surface area (TPSA) is 66.5 Å². The van der Waals surface area contributed by atoms with Crippen LogP contribution < -0.4 is 9.62 Å². The van der Waals surface area contributed by atoms with E-state index in [4.69, 9.17) is 0 Å². The molecular formula is C21H28N2O3S. The molecule has 0 spiro atoms. The first-order chi connectivity index (χ1) is 12.4. The molecule has 2 aromatic carbocycles. The fraction of sp³-hybridized carbons (Fsp3) is 0.381. The molecular weight excluding hydrogens is 360 g/mol. The highest BCUT2D eigenvalue weighted by atomic mass is 32.2. The van der Waals surface area contributed by atoms with Crippen LogP contribution in [0.5, 0.6) is 0 Å². The SMILES string of the molecule is Cc1ccc(C)c(N(CC(=O)Nc2ccccc2C(C)(C)C)S(C)(=O)=O)c1. The maximum Gasteiger partial charge on any atom is 0.245 e. The van der Waals surface area contributed by atoms with E-state index in [0.717, 1.165) is 27.3 Å². The molecule has 0 heterocycles. The number of hydrogen-bond donors (Lipinski definition) is 1. The van der Waals surface area contributed by atoms with E-state index in [2.05, 4.69) is 26.1 Å². The van der Waals surface area contributed by atoms with Gasteiger partial charge in [-0.25, -0.2) is 8.42 Å². The Balaban J connectivity index is 2.33. The van der Waals surface area contributed by atoms with E-state index in [-0.39, 0.29) is 17.9 Å². The van der Waals surface area contributed by atoms with Crippen molar-refractivity contribution >= 4 is 27.3 Å². The van der Waals surface area contributed by atoms with Crippen molar-refractivity contribution in [1.82, 2.24) is 0 Å². The van der Waals surface area contributed by atoms with Crippen LogP contribution in [0.15, 0.2) is 42.5 Å². The molecule has 0 aromatic heterocycles. The molecule has 0 bridgehead atoms. The summed E-state index contributed by atoms with van der Waals surface area (Å²) in [5.74, 6) is -0.377. The van der Waals surface area contributed by atoms with Crippen LogP contribution in [0.4, 0.5) is 11.4 Å². The number of carbonyl (C=O) groups excluding carboxylic acids is 1. The fourth-order valence-corrected chi connectivity index (χ4v) is 3.84. The summed E-state index contributed by atoms with van der Waals surface area (Å²) in [6.45, 7) is 9.65. The van der Waals surface area contributed by atoms with E-state index in [0.29, 0.717) is 11.4 Å². The van der Waals surface area contributed by atoms with Crippen molar-refractivity contribution in [1.29, 1.82) is 0 Å². The molecule has 0 saturated carbocycles. The lowest BCUT2D eigenvalue weighted by molar-refractivity contribution is -0.114. The summed E-state index contributed by atoms with van der Waals surface area (Å²) in [5, 5.41) is 2.88. The minimum atomic E-state index is -3.61. The van der Waals surface area contributed by atoms with Gasteiger partial charge >= 0.3 is 0 Å². The number of para-hydroxylation sites is 1. The molecule has 1 amide bonds. The van der Waals surface area contributed by atoms with Gasteiger partial charge in [-0.3, -0.25) is 9.10 Å². The van der Waals surface area contributed by atoms with E-state index in [1.807, 2.05) is 50.2 Å². The lowest BCUT2D eigenvalue weighted by Gasteiger charge is -2.26. The molecule has 0 saturated heterocycles. The molecule has 0 radical (unpaired) electrons. The predicted octanol–water partition coefficient (Wildman–Crippen LogP) is 4.01. The molecule has 0 aliphatic heterocycles. The number of nitrogens with one attached hydrogen (secondary N) is 1. The minimum Gasteiger partial charge on any atom is -0.324 e. The fourth-order valence-electron chi connectivity index (χ4n) is 2.94. The molecule has 27 heavy (non-hydrogen) atoms. The van der Waals surface area contributed by atoms with Gasteiger partial charge in [0.2, 0.25) is 15.9 Å². The number of benzene rings is 2. The predicted molar refractivity (Wildman–Crippen MR) is 112 cm³/mol. The molecule has 0 aliphatic carbocycles. The molecule has 2 rings (SSSR count). The molecule has 2 aromatic rings. The van der Waals surface area contributed by atoms with E-state index in [1.54, 1.807) is 6.07 Å². The first-order valence-corrected chi connectivity index (χ1v) is 10.7. The molecule has 0 atom stereocenters. The molecule has 1 N–H and O–H groups in total. The average molecular weight is 389 g/mol. The highest BCUT2D eigenvalue weighted by Gasteiger charge is 2.24. The third-order valence-electron chi connectivity index (χ3n) is 4.33. The van der Waals surface area contributed by atoms with E-state index >= 15 is 0 Å². The molecule has 146 valence electrons.